The number of amides is 6. The SMILES string of the molecule is C[C@@H](C(=O)Nc1ccc(OCCOCCNC(=O)COc2cccc3c2C(=O)N(C2CCC(=O)NC2=O)C3=O)cc1)C1CCC(c2ccnc3ccc(F)cc23)CC1. The average molecular weight is 794 g/mol. The first-order chi connectivity index (χ1) is 28.1. The van der Waals surface area contributed by atoms with Gasteiger partial charge in [0, 0.05) is 36.2 Å². The molecule has 3 aliphatic rings. The van der Waals surface area contributed by atoms with Crippen LogP contribution in [0, 0.1) is 17.7 Å². The Labute approximate surface area is 333 Å². The van der Waals surface area contributed by atoms with E-state index in [0.29, 0.717) is 17.4 Å². The fourth-order valence-electron chi connectivity index (χ4n) is 7.91. The highest BCUT2D eigenvalue weighted by atomic mass is 19.1. The molecule has 2 aliphatic heterocycles. The van der Waals surface area contributed by atoms with Gasteiger partial charge < -0.3 is 24.8 Å². The van der Waals surface area contributed by atoms with Crippen LogP contribution in [0.15, 0.2) is 72.9 Å². The second kappa shape index (κ2) is 17.9. The van der Waals surface area contributed by atoms with Crippen LogP contribution in [0.2, 0.25) is 0 Å². The number of hydrogen-bond acceptors (Lipinski definition) is 10. The van der Waals surface area contributed by atoms with Crippen molar-refractivity contribution in [2.45, 2.75) is 57.4 Å². The zero-order valence-electron chi connectivity index (χ0n) is 32.0. The molecule has 14 nitrogen and oxygen atoms in total. The largest absolute Gasteiger partial charge is 0.491 e. The normalized spacial score (nSPS) is 19.7. The van der Waals surface area contributed by atoms with Crippen LogP contribution in [0.25, 0.3) is 10.9 Å². The minimum absolute atomic E-state index is 0.00300. The van der Waals surface area contributed by atoms with Gasteiger partial charge in [0.05, 0.1) is 29.9 Å². The van der Waals surface area contributed by atoms with Gasteiger partial charge in [0.25, 0.3) is 17.7 Å². The summed E-state index contributed by atoms with van der Waals surface area (Å²) in [5, 5.41) is 8.70. The standard InChI is InChI=1S/C43H44FN5O9/c1-25(26-5-7-27(8-6-26)31-17-18-45-34-14-9-28(44)23-33(31)34)40(52)47-29-10-12-30(13-11-29)57-22-21-56-20-19-46-38(51)24-58-36-4-2-3-32-39(36)43(55)49(42(32)54)35-15-16-37(50)48-41(35)53/h2-4,9-14,17-18,23,25-27,35H,5-8,15-16,19-22,24H2,1H3,(H,46,51)(H,47,52)(H,48,50,53)/t25-,26?,27?,35?/m1/s1. The molecule has 58 heavy (non-hydrogen) atoms. The van der Waals surface area contributed by atoms with Gasteiger partial charge in [0.2, 0.25) is 17.7 Å². The second-order valence-electron chi connectivity index (χ2n) is 14.7. The van der Waals surface area contributed by atoms with Crippen LogP contribution in [0.4, 0.5) is 10.1 Å². The summed E-state index contributed by atoms with van der Waals surface area (Å²) in [6.45, 7) is 2.45. The Bertz CT molecular complexity index is 2220. The number of piperidine rings is 1. The predicted molar refractivity (Wildman–Crippen MR) is 209 cm³/mol. The van der Waals surface area contributed by atoms with Crippen LogP contribution < -0.4 is 25.4 Å². The van der Waals surface area contributed by atoms with E-state index < -0.39 is 42.2 Å². The number of fused-ring (bicyclic) bond motifs is 2. The van der Waals surface area contributed by atoms with E-state index in [2.05, 4.69) is 20.9 Å². The summed E-state index contributed by atoms with van der Waals surface area (Å²) < 4.78 is 30.9. The highest BCUT2D eigenvalue weighted by Crippen LogP contribution is 2.41. The van der Waals surface area contributed by atoms with E-state index in [1.165, 1.54) is 24.3 Å². The summed E-state index contributed by atoms with van der Waals surface area (Å²) in [6, 6.07) is 17.1. The van der Waals surface area contributed by atoms with Crippen LogP contribution in [0.3, 0.4) is 0 Å². The number of imide groups is 2. The molecule has 3 aromatic carbocycles. The lowest BCUT2D eigenvalue weighted by Gasteiger charge is -2.32. The van der Waals surface area contributed by atoms with Gasteiger partial charge in [0.1, 0.15) is 30.0 Å². The molecule has 7 rings (SSSR count). The third-order valence-corrected chi connectivity index (χ3v) is 11.0. The number of aromatic nitrogens is 1. The summed E-state index contributed by atoms with van der Waals surface area (Å²) in [5.41, 5.74) is 2.61. The Hall–Kier alpha value is -6.22. The lowest BCUT2D eigenvalue weighted by Crippen LogP contribution is -2.54. The summed E-state index contributed by atoms with van der Waals surface area (Å²) in [5.74, 6) is -2.32. The van der Waals surface area contributed by atoms with Crippen LogP contribution in [0.1, 0.15) is 77.6 Å². The van der Waals surface area contributed by atoms with Crippen LogP contribution in [-0.2, 0) is 23.9 Å². The number of ether oxygens (including phenoxy) is 3. The molecule has 15 heteroatoms. The van der Waals surface area contributed by atoms with E-state index in [1.54, 1.807) is 42.6 Å². The average Bonchev–Trinajstić information content (AvgIpc) is 3.48. The number of hydrogen-bond donors (Lipinski definition) is 3. The first-order valence-corrected chi connectivity index (χ1v) is 19.5. The van der Waals surface area contributed by atoms with Gasteiger partial charge in [-0.05, 0) is 110 Å². The second-order valence-corrected chi connectivity index (χ2v) is 14.7. The van der Waals surface area contributed by atoms with E-state index in [9.17, 15) is 33.2 Å². The summed E-state index contributed by atoms with van der Waals surface area (Å²) in [6.07, 6.45) is 5.49. The molecule has 3 N–H and O–H groups in total. The maximum atomic E-state index is 14.0. The van der Waals surface area contributed by atoms with Crippen LogP contribution in [-0.4, -0.2) is 84.3 Å². The summed E-state index contributed by atoms with van der Waals surface area (Å²) >= 11 is 0. The number of nitrogens with one attached hydrogen (secondary N) is 3. The van der Waals surface area contributed by atoms with Crippen molar-refractivity contribution in [2.24, 2.45) is 11.8 Å². The Morgan fingerprint density at radius 1 is 0.914 bits per heavy atom. The number of halogens is 1. The Balaban J connectivity index is 0.770. The smallest absolute Gasteiger partial charge is 0.266 e. The summed E-state index contributed by atoms with van der Waals surface area (Å²) in [7, 11) is 0. The third kappa shape index (κ3) is 8.99. The number of benzene rings is 3. The molecule has 3 heterocycles. The van der Waals surface area contributed by atoms with Gasteiger partial charge >= 0.3 is 0 Å². The van der Waals surface area contributed by atoms with Crippen molar-refractivity contribution < 1.29 is 47.4 Å². The van der Waals surface area contributed by atoms with Crippen molar-refractivity contribution in [1.82, 2.24) is 20.5 Å². The number of nitrogens with zero attached hydrogens (tertiary/aromatic N) is 2. The lowest BCUT2D eigenvalue weighted by atomic mass is 9.73. The first-order valence-electron chi connectivity index (χ1n) is 19.5. The number of carbonyl (C=O) groups excluding carboxylic acids is 6. The molecule has 0 radical (unpaired) electrons. The van der Waals surface area contributed by atoms with Gasteiger partial charge in [-0.25, -0.2) is 4.39 Å². The van der Waals surface area contributed by atoms with Crippen molar-refractivity contribution in [1.29, 1.82) is 0 Å². The zero-order valence-corrected chi connectivity index (χ0v) is 32.0. The van der Waals surface area contributed by atoms with E-state index in [-0.39, 0.29) is 79.6 Å². The highest BCUT2D eigenvalue weighted by Gasteiger charge is 2.46. The molecule has 1 saturated carbocycles. The predicted octanol–water partition coefficient (Wildman–Crippen LogP) is 4.91. The lowest BCUT2D eigenvalue weighted by molar-refractivity contribution is -0.136. The molecule has 6 amide bonds. The Morgan fingerprint density at radius 2 is 1.71 bits per heavy atom. The van der Waals surface area contributed by atoms with Crippen molar-refractivity contribution in [3.05, 3.63) is 95.4 Å². The van der Waals surface area contributed by atoms with E-state index in [0.717, 1.165) is 47.0 Å². The Morgan fingerprint density at radius 3 is 2.48 bits per heavy atom. The van der Waals surface area contributed by atoms with Crippen molar-refractivity contribution >= 4 is 52.0 Å². The number of pyridine rings is 1. The van der Waals surface area contributed by atoms with Gasteiger partial charge in [-0.2, -0.15) is 0 Å². The van der Waals surface area contributed by atoms with Crippen LogP contribution in [0.5, 0.6) is 11.5 Å². The summed E-state index contributed by atoms with van der Waals surface area (Å²) in [4.78, 5) is 80.9. The fraction of sp³-hybridized carbons (Fsp3) is 0.372. The number of rotatable bonds is 15. The number of anilines is 1. The number of carbonyl (C=O) groups is 6. The van der Waals surface area contributed by atoms with Gasteiger partial charge in [0.15, 0.2) is 6.61 Å². The molecule has 2 atom stereocenters. The molecule has 1 saturated heterocycles. The van der Waals surface area contributed by atoms with Gasteiger partial charge in [-0.3, -0.25) is 44.0 Å². The molecule has 0 spiro atoms. The maximum absolute atomic E-state index is 14.0. The van der Waals surface area contributed by atoms with Crippen molar-refractivity contribution in [3.8, 4) is 11.5 Å². The molecule has 0 bridgehead atoms. The third-order valence-electron chi connectivity index (χ3n) is 11.0. The zero-order chi connectivity index (χ0) is 40.8. The van der Waals surface area contributed by atoms with Crippen molar-refractivity contribution in [2.75, 3.05) is 38.3 Å². The molecule has 302 valence electrons. The molecular weight excluding hydrogens is 749 g/mol. The van der Waals surface area contributed by atoms with E-state index in [1.807, 2.05) is 13.0 Å². The molecule has 1 unspecified atom stereocenters. The topological polar surface area (TPSA) is 182 Å². The monoisotopic (exact) mass is 793 g/mol. The van der Waals surface area contributed by atoms with E-state index >= 15 is 0 Å². The van der Waals surface area contributed by atoms with Gasteiger partial charge in [-0.15, -0.1) is 0 Å². The fourth-order valence-corrected chi connectivity index (χ4v) is 7.91. The van der Waals surface area contributed by atoms with Crippen LogP contribution >= 0.6 is 0 Å². The van der Waals surface area contributed by atoms with Crippen molar-refractivity contribution in [3.63, 3.8) is 0 Å². The molecule has 1 aromatic heterocycles. The maximum Gasteiger partial charge on any atom is 0.266 e. The molecule has 1 aliphatic carbocycles. The first kappa shape index (κ1) is 40.0. The minimum Gasteiger partial charge on any atom is -0.491 e. The Kier molecular flexibility index (Phi) is 12.4. The van der Waals surface area contributed by atoms with E-state index in [4.69, 9.17) is 14.2 Å². The quantitative estimate of drug-likeness (QED) is 0.110. The highest BCUT2D eigenvalue weighted by molar-refractivity contribution is 6.24. The minimum atomic E-state index is -1.11. The van der Waals surface area contributed by atoms with Gasteiger partial charge in [-0.1, -0.05) is 13.0 Å². The molecule has 4 aromatic rings. The molecular formula is C43H44FN5O9. The molecule has 2 fully saturated rings.